The molecule has 0 radical (unpaired) electrons. The minimum atomic E-state index is 0.453. The molecule has 2 aromatic rings. The zero-order chi connectivity index (χ0) is 15.5. The molecular weight excluding hydrogens is 288 g/mol. The van der Waals surface area contributed by atoms with Crippen molar-refractivity contribution < 1.29 is 4.52 Å². The minimum Gasteiger partial charge on any atom is -0.349 e. The summed E-state index contributed by atoms with van der Waals surface area (Å²) in [7, 11) is 0. The summed E-state index contributed by atoms with van der Waals surface area (Å²) in [6.45, 7) is 2.37. The molecule has 1 aromatic heterocycles. The first-order valence-corrected chi connectivity index (χ1v) is 8.78. The van der Waals surface area contributed by atoms with Crippen molar-refractivity contribution in [3.8, 4) is 11.5 Å². The molecule has 0 spiro atoms. The summed E-state index contributed by atoms with van der Waals surface area (Å²) >= 11 is 0. The van der Waals surface area contributed by atoms with Gasteiger partial charge in [0.15, 0.2) is 0 Å². The van der Waals surface area contributed by atoms with Gasteiger partial charge in [-0.25, -0.2) is 0 Å². The van der Waals surface area contributed by atoms with Crippen LogP contribution in [0.25, 0.3) is 11.5 Å². The Balaban J connectivity index is 1.32. The van der Waals surface area contributed by atoms with Crippen molar-refractivity contribution in [1.82, 2.24) is 15.0 Å². The number of hydrogen-bond acceptors (Lipinski definition) is 5. The van der Waals surface area contributed by atoms with Crippen molar-refractivity contribution in [3.63, 3.8) is 0 Å². The molecule has 5 nitrogen and oxygen atoms in total. The number of rotatable bonds is 4. The van der Waals surface area contributed by atoms with Gasteiger partial charge in [-0.15, -0.1) is 0 Å². The highest BCUT2D eigenvalue weighted by molar-refractivity contribution is 5.53. The summed E-state index contributed by atoms with van der Waals surface area (Å²) in [6.07, 6.45) is 7.92. The molecule has 1 aliphatic heterocycles. The molecule has 122 valence electrons. The lowest BCUT2D eigenvalue weighted by atomic mass is 10.0. The van der Waals surface area contributed by atoms with Crippen molar-refractivity contribution in [1.29, 1.82) is 0 Å². The van der Waals surface area contributed by atoms with E-state index in [0.29, 0.717) is 17.9 Å². The monoisotopic (exact) mass is 312 g/mol. The lowest BCUT2D eigenvalue weighted by Crippen LogP contribution is -2.43. The van der Waals surface area contributed by atoms with Crippen molar-refractivity contribution in [2.75, 3.05) is 18.4 Å². The molecule has 1 saturated heterocycles. The summed E-state index contributed by atoms with van der Waals surface area (Å²) in [5.41, 5.74) is 0.962. The Kier molecular flexibility index (Phi) is 4.28. The Morgan fingerprint density at radius 1 is 1.00 bits per heavy atom. The third-order valence-corrected chi connectivity index (χ3v) is 5.15. The van der Waals surface area contributed by atoms with Crippen molar-refractivity contribution >= 4 is 5.95 Å². The number of likely N-dealkylation sites (tertiary alicyclic amines) is 1. The molecular formula is C18H24N4O. The van der Waals surface area contributed by atoms with E-state index in [-0.39, 0.29) is 0 Å². The number of hydrogen-bond donors (Lipinski definition) is 1. The van der Waals surface area contributed by atoms with Crippen LogP contribution in [0.3, 0.4) is 0 Å². The van der Waals surface area contributed by atoms with Crippen LogP contribution in [-0.2, 0) is 0 Å². The summed E-state index contributed by atoms with van der Waals surface area (Å²) < 4.78 is 5.36. The first-order valence-electron chi connectivity index (χ1n) is 8.78. The molecule has 2 fully saturated rings. The molecule has 0 atom stereocenters. The second-order valence-corrected chi connectivity index (χ2v) is 6.68. The number of piperidine rings is 1. The van der Waals surface area contributed by atoms with Gasteiger partial charge < -0.3 is 14.7 Å². The summed E-state index contributed by atoms with van der Waals surface area (Å²) in [5.74, 6) is 1.19. The molecule has 2 aliphatic rings. The third-order valence-electron chi connectivity index (χ3n) is 5.15. The third kappa shape index (κ3) is 3.39. The molecule has 1 aliphatic carbocycles. The smallest absolute Gasteiger partial charge is 0.263 e. The Morgan fingerprint density at radius 3 is 2.48 bits per heavy atom. The fraction of sp³-hybridized carbons (Fsp3) is 0.556. The average molecular weight is 312 g/mol. The Labute approximate surface area is 137 Å². The van der Waals surface area contributed by atoms with Crippen LogP contribution >= 0.6 is 0 Å². The fourth-order valence-electron chi connectivity index (χ4n) is 3.84. The lowest BCUT2D eigenvalue weighted by Gasteiger charge is -2.36. The van der Waals surface area contributed by atoms with Crippen molar-refractivity contribution in [2.24, 2.45) is 0 Å². The highest BCUT2D eigenvalue weighted by Gasteiger charge is 2.27. The number of nitrogens with zero attached hydrogens (tertiary/aromatic N) is 3. The predicted octanol–water partition coefficient (Wildman–Crippen LogP) is 3.56. The normalized spacial score (nSPS) is 20.9. The molecule has 23 heavy (non-hydrogen) atoms. The van der Waals surface area contributed by atoms with E-state index in [4.69, 9.17) is 4.52 Å². The maximum Gasteiger partial charge on any atom is 0.263 e. The summed E-state index contributed by atoms with van der Waals surface area (Å²) in [4.78, 5) is 7.15. The standard InChI is InChI=1S/C18H24N4O/c1-2-6-14(7-3-1)17-20-18(21-23-17)19-15-10-12-22(13-11-15)16-8-4-5-9-16/h1-3,6-7,15-16H,4-5,8-13H2,(H,19,21). The summed E-state index contributed by atoms with van der Waals surface area (Å²) in [5, 5.41) is 7.51. The van der Waals surface area contributed by atoms with Crippen LogP contribution in [-0.4, -0.2) is 40.2 Å². The van der Waals surface area contributed by atoms with Gasteiger partial charge in [-0.1, -0.05) is 31.0 Å². The average Bonchev–Trinajstić information content (AvgIpc) is 3.28. The second-order valence-electron chi connectivity index (χ2n) is 6.68. The van der Waals surface area contributed by atoms with Gasteiger partial charge in [0.25, 0.3) is 11.8 Å². The number of nitrogens with one attached hydrogen (secondary N) is 1. The van der Waals surface area contributed by atoms with Crippen LogP contribution in [0, 0.1) is 0 Å². The zero-order valence-corrected chi connectivity index (χ0v) is 13.4. The molecule has 1 aromatic carbocycles. The summed E-state index contributed by atoms with van der Waals surface area (Å²) in [6, 6.07) is 11.2. The molecule has 5 heteroatoms. The predicted molar refractivity (Wildman–Crippen MR) is 90.2 cm³/mol. The lowest BCUT2D eigenvalue weighted by molar-refractivity contribution is 0.158. The minimum absolute atomic E-state index is 0.453. The van der Waals surface area contributed by atoms with Crippen LogP contribution in [0.15, 0.2) is 34.9 Å². The first-order chi connectivity index (χ1) is 11.4. The zero-order valence-electron chi connectivity index (χ0n) is 13.4. The second kappa shape index (κ2) is 6.71. The van der Waals surface area contributed by atoms with E-state index in [1.165, 1.54) is 38.8 Å². The topological polar surface area (TPSA) is 54.2 Å². The Bertz CT molecular complexity index is 613. The van der Waals surface area contributed by atoms with Gasteiger partial charge in [0.2, 0.25) is 0 Å². The number of aromatic nitrogens is 2. The highest BCUT2D eigenvalue weighted by Crippen LogP contribution is 2.27. The van der Waals surface area contributed by atoms with Gasteiger partial charge in [0.05, 0.1) is 0 Å². The van der Waals surface area contributed by atoms with Gasteiger partial charge in [0.1, 0.15) is 0 Å². The van der Waals surface area contributed by atoms with Crippen LogP contribution in [0.2, 0.25) is 0 Å². The van der Waals surface area contributed by atoms with Gasteiger partial charge in [-0.2, -0.15) is 4.98 Å². The number of anilines is 1. The Morgan fingerprint density at radius 2 is 1.74 bits per heavy atom. The van der Waals surface area contributed by atoms with E-state index in [9.17, 15) is 0 Å². The fourth-order valence-corrected chi connectivity index (χ4v) is 3.84. The van der Waals surface area contributed by atoms with Crippen LogP contribution < -0.4 is 5.32 Å². The van der Waals surface area contributed by atoms with Gasteiger partial charge >= 0.3 is 0 Å². The van der Waals surface area contributed by atoms with Gasteiger partial charge in [-0.05, 0) is 43.0 Å². The number of benzene rings is 1. The molecule has 2 heterocycles. The van der Waals surface area contributed by atoms with E-state index in [2.05, 4.69) is 20.4 Å². The molecule has 4 rings (SSSR count). The van der Waals surface area contributed by atoms with Crippen LogP contribution in [0.4, 0.5) is 5.95 Å². The van der Waals surface area contributed by atoms with E-state index in [0.717, 1.165) is 24.4 Å². The van der Waals surface area contributed by atoms with E-state index in [1.54, 1.807) is 0 Å². The van der Waals surface area contributed by atoms with Crippen molar-refractivity contribution in [3.05, 3.63) is 30.3 Å². The SMILES string of the molecule is c1ccc(-c2nc(NC3CCN(C4CCCC4)CC3)no2)cc1. The van der Waals surface area contributed by atoms with Crippen LogP contribution in [0.1, 0.15) is 38.5 Å². The van der Waals surface area contributed by atoms with Crippen molar-refractivity contribution in [2.45, 2.75) is 50.6 Å². The van der Waals surface area contributed by atoms with Gasteiger partial charge in [-0.3, -0.25) is 0 Å². The van der Waals surface area contributed by atoms with E-state index >= 15 is 0 Å². The highest BCUT2D eigenvalue weighted by atomic mass is 16.5. The first kappa shape index (κ1) is 14.7. The Hall–Kier alpha value is -1.88. The van der Waals surface area contributed by atoms with E-state index in [1.807, 2.05) is 30.3 Å². The molecule has 0 amide bonds. The maximum atomic E-state index is 5.36. The largest absolute Gasteiger partial charge is 0.349 e. The molecule has 1 saturated carbocycles. The van der Waals surface area contributed by atoms with Gasteiger partial charge in [0, 0.05) is 30.7 Å². The maximum absolute atomic E-state index is 5.36. The van der Waals surface area contributed by atoms with Crippen LogP contribution in [0.5, 0.6) is 0 Å². The van der Waals surface area contributed by atoms with E-state index < -0.39 is 0 Å². The quantitative estimate of drug-likeness (QED) is 0.935. The molecule has 0 bridgehead atoms. The molecule has 1 N–H and O–H groups in total. The molecule has 0 unspecified atom stereocenters.